The molecule has 5 heteroatoms. The normalized spacial score (nSPS) is 15.2. The first-order valence-corrected chi connectivity index (χ1v) is 9.09. The van der Waals surface area contributed by atoms with Gasteiger partial charge in [0.2, 0.25) is 5.78 Å². The lowest BCUT2D eigenvalue weighted by molar-refractivity contribution is -0.910. The molecule has 2 N–H and O–H groups in total. The van der Waals surface area contributed by atoms with Crippen LogP contribution in [0, 0.1) is 6.92 Å². The predicted octanol–water partition coefficient (Wildman–Crippen LogP) is 2.80. The quantitative estimate of drug-likeness (QED) is 0.820. The van der Waals surface area contributed by atoms with Gasteiger partial charge in [0.15, 0.2) is 11.5 Å². The van der Waals surface area contributed by atoms with E-state index in [0.717, 1.165) is 23.5 Å². The van der Waals surface area contributed by atoms with Crippen molar-refractivity contribution in [3.8, 4) is 11.5 Å². The molecule has 0 aliphatic carbocycles. The van der Waals surface area contributed by atoms with Crippen molar-refractivity contribution in [1.82, 2.24) is 0 Å². The number of aromatic hydroxyl groups is 1. The number of aryl methyl sites for hydroxylation is 1. The highest BCUT2D eigenvalue weighted by Crippen LogP contribution is 2.39. The van der Waals surface area contributed by atoms with Gasteiger partial charge in [-0.25, -0.2) is 0 Å². The summed E-state index contributed by atoms with van der Waals surface area (Å²) in [6.45, 7) is 8.76. The van der Waals surface area contributed by atoms with Gasteiger partial charge in [0, 0.05) is 11.0 Å². The molecule has 0 radical (unpaired) electrons. The van der Waals surface area contributed by atoms with Crippen molar-refractivity contribution in [3.63, 3.8) is 0 Å². The summed E-state index contributed by atoms with van der Waals surface area (Å²) in [7, 11) is 0. The van der Waals surface area contributed by atoms with Crippen LogP contribution in [-0.2, 0) is 6.54 Å². The monoisotopic (exact) mass is 344 g/mol. The predicted molar refractivity (Wildman–Crippen MR) is 95.8 cm³/mol. The van der Waals surface area contributed by atoms with Gasteiger partial charge in [-0.15, -0.1) is 11.3 Å². The van der Waals surface area contributed by atoms with Gasteiger partial charge >= 0.3 is 0 Å². The van der Waals surface area contributed by atoms with Crippen LogP contribution < -0.4 is 9.64 Å². The van der Waals surface area contributed by atoms with E-state index in [9.17, 15) is 9.90 Å². The number of phenols is 1. The smallest absolute Gasteiger partial charge is 0.232 e. The van der Waals surface area contributed by atoms with Crippen molar-refractivity contribution in [2.45, 2.75) is 27.3 Å². The Balaban J connectivity index is 1.99. The Morgan fingerprint density at radius 3 is 2.62 bits per heavy atom. The number of benzene rings is 1. The molecule has 24 heavy (non-hydrogen) atoms. The van der Waals surface area contributed by atoms with E-state index in [1.165, 1.54) is 4.90 Å². The van der Waals surface area contributed by atoms with Crippen LogP contribution in [-0.4, -0.2) is 24.0 Å². The van der Waals surface area contributed by atoms with Gasteiger partial charge in [0.1, 0.15) is 12.3 Å². The Morgan fingerprint density at radius 2 is 2.00 bits per heavy atom. The van der Waals surface area contributed by atoms with E-state index in [1.54, 1.807) is 29.5 Å². The maximum Gasteiger partial charge on any atom is 0.232 e. The van der Waals surface area contributed by atoms with Crippen molar-refractivity contribution >= 4 is 23.2 Å². The molecule has 0 saturated heterocycles. The molecule has 3 rings (SSSR count). The topological polar surface area (TPSA) is 51.0 Å². The number of rotatable bonds is 5. The summed E-state index contributed by atoms with van der Waals surface area (Å²) >= 11 is 1.58. The molecule has 4 nitrogen and oxygen atoms in total. The number of hydrogen-bond acceptors (Lipinski definition) is 4. The number of phenolic OH excluding ortho intramolecular Hbond substituents is 1. The Morgan fingerprint density at radius 1 is 1.25 bits per heavy atom. The zero-order valence-electron chi connectivity index (χ0n) is 14.2. The van der Waals surface area contributed by atoms with Crippen molar-refractivity contribution in [1.29, 1.82) is 0 Å². The summed E-state index contributed by atoms with van der Waals surface area (Å²) in [6.07, 6.45) is 1.80. The Labute approximate surface area is 146 Å². The summed E-state index contributed by atoms with van der Waals surface area (Å²) < 4.78 is 5.89. The summed E-state index contributed by atoms with van der Waals surface area (Å²) in [6, 6.07) is 5.26. The minimum absolute atomic E-state index is 0.117. The van der Waals surface area contributed by atoms with Crippen LogP contribution in [0.1, 0.15) is 40.2 Å². The molecule has 1 aromatic heterocycles. The number of carbonyl (C=O) groups excluding carboxylic acids is 1. The lowest BCUT2D eigenvalue weighted by Gasteiger charge is -2.17. The van der Waals surface area contributed by atoms with E-state index in [4.69, 9.17) is 4.74 Å². The van der Waals surface area contributed by atoms with Crippen LogP contribution >= 0.6 is 11.3 Å². The molecule has 1 aliphatic heterocycles. The fraction of sp³-hybridized carbons (Fsp3) is 0.316. The maximum absolute atomic E-state index is 12.6. The summed E-state index contributed by atoms with van der Waals surface area (Å²) in [5.41, 5.74) is 2.37. The van der Waals surface area contributed by atoms with Crippen molar-refractivity contribution < 1.29 is 19.5 Å². The maximum atomic E-state index is 12.6. The number of thiophene rings is 1. The first-order valence-electron chi connectivity index (χ1n) is 8.21. The molecular weight excluding hydrogens is 322 g/mol. The van der Waals surface area contributed by atoms with Gasteiger partial charge in [-0.2, -0.15) is 0 Å². The van der Waals surface area contributed by atoms with Crippen LogP contribution in [0.25, 0.3) is 6.08 Å². The SMILES string of the molecule is CC[NH+](CC)Cc1c(O)ccc2c1O/C(=C\c1sccc1C)C2=O. The zero-order chi connectivity index (χ0) is 17.3. The Hall–Kier alpha value is -2.11. The summed E-state index contributed by atoms with van der Waals surface area (Å²) in [5, 5.41) is 12.3. The fourth-order valence-corrected chi connectivity index (χ4v) is 3.72. The Kier molecular flexibility index (Phi) is 4.73. The van der Waals surface area contributed by atoms with Gasteiger partial charge in [0.25, 0.3) is 0 Å². The lowest BCUT2D eigenvalue weighted by Crippen LogP contribution is -3.10. The van der Waals surface area contributed by atoms with Gasteiger partial charge in [-0.3, -0.25) is 4.79 Å². The van der Waals surface area contributed by atoms with Crippen molar-refractivity contribution in [2.75, 3.05) is 13.1 Å². The average molecular weight is 344 g/mol. The third kappa shape index (κ3) is 2.97. The number of ketones is 1. The highest BCUT2D eigenvalue weighted by Gasteiger charge is 2.32. The second-order valence-electron chi connectivity index (χ2n) is 5.98. The van der Waals surface area contributed by atoms with E-state index in [2.05, 4.69) is 13.8 Å². The van der Waals surface area contributed by atoms with Crippen molar-refractivity contribution in [2.24, 2.45) is 0 Å². The number of carbonyl (C=O) groups is 1. The van der Waals surface area contributed by atoms with E-state index in [0.29, 0.717) is 29.2 Å². The molecule has 126 valence electrons. The standard InChI is InChI=1S/C19H21NO3S/c1-4-20(5-2)11-14-15(21)7-6-13-18(22)16(23-19(13)14)10-17-12(3)8-9-24-17/h6-10,21H,4-5,11H2,1-3H3/p+1/b16-10-. The van der Waals surface area contributed by atoms with Crippen LogP contribution in [0.5, 0.6) is 11.5 Å². The molecule has 0 atom stereocenters. The second kappa shape index (κ2) is 6.79. The van der Waals surface area contributed by atoms with E-state index >= 15 is 0 Å². The lowest BCUT2D eigenvalue weighted by atomic mass is 10.0. The number of fused-ring (bicyclic) bond motifs is 1. The van der Waals surface area contributed by atoms with Gasteiger partial charge in [0.05, 0.1) is 24.2 Å². The van der Waals surface area contributed by atoms with Crippen LogP contribution in [0.2, 0.25) is 0 Å². The van der Waals surface area contributed by atoms with E-state index < -0.39 is 0 Å². The Bertz CT molecular complexity index is 803. The molecule has 1 aromatic carbocycles. The molecule has 0 unspecified atom stereocenters. The number of hydrogen-bond donors (Lipinski definition) is 2. The third-order valence-electron chi connectivity index (χ3n) is 4.51. The molecule has 0 fully saturated rings. The molecule has 0 amide bonds. The molecule has 0 saturated carbocycles. The van der Waals surface area contributed by atoms with Crippen LogP contribution in [0.3, 0.4) is 0 Å². The number of quaternary nitrogens is 1. The highest BCUT2D eigenvalue weighted by atomic mass is 32.1. The first-order chi connectivity index (χ1) is 11.5. The van der Waals surface area contributed by atoms with Crippen LogP contribution in [0.4, 0.5) is 0 Å². The molecule has 1 aliphatic rings. The molecule has 2 aromatic rings. The zero-order valence-corrected chi connectivity index (χ0v) is 15.0. The largest absolute Gasteiger partial charge is 0.507 e. The molecule has 2 heterocycles. The summed E-state index contributed by atoms with van der Waals surface area (Å²) in [5.74, 6) is 0.917. The number of ether oxygens (including phenoxy) is 1. The van der Waals surface area contributed by atoms with Gasteiger partial charge in [-0.1, -0.05) is 0 Å². The second-order valence-corrected chi connectivity index (χ2v) is 6.93. The summed E-state index contributed by atoms with van der Waals surface area (Å²) in [4.78, 5) is 15.0. The number of allylic oxidation sites excluding steroid dienone is 1. The molecular formula is C19H22NO3S+. The van der Waals surface area contributed by atoms with Crippen molar-refractivity contribution in [3.05, 3.63) is 50.9 Å². The third-order valence-corrected chi connectivity index (χ3v) is 5.47. The number of Topliss-reactive ketones (excluding diaryl/α,β-unsaturated/α-hetero) is 1. The average Bonchev–Trinajstić information content (AvgIpc) is 3.11. The minimum atomic E-state index is -0.117. The van der Waals surface area contributed by atoms with E-state index in [-0.39, 0.29) is 11.5 Å². The van der Waals surface area contributed by atoms with Gasteiger partial charge in [-0.05, 0) is 49.9 Å². The first kappa shape index (κ1) is 16.7. The number of nitrogens with one attached hydrogen (secondary N) is 1. The molecule has 0 bridgehead atoms. The van der Waals surface area contributed by atoms with Gasteiger partial charge < -0.3 is 14.7 Å². The highest BCUT2D eigenvalue weighted by molar-refractivity contribution is 7.11. The van der Waals surface area contributed by atoms with Crippen LogP contribution in [0.15, 0.2) is 29.3 Å². The van der Waals surface area contributed by atoms with E-state index in [1.807, 2.05) is 18.4 Å². The molecule has 0 spiro atoms. The fourth-order valence-electron chi connectivity index (χ4n) is 2.87. The minimum Gasteiger partial charge on any atom is -0.507 e.